The Labute approximate surface area is 149 Å². The number of hydrogen-bond acceptors (Lipinski definition) is 5. The van der Waals surface area contributed by atoms with Crippen LogP contribution in [0.15, 0.2) is 0 Å². The maximum Gasteiger partial charge on any atom is 0.302 e. The Hall–Kier alpha value is -0.433. The summed E-state index contributed by atoms with van der Waals surface area (Å²) in [6.45, 7) is 11.1. The molecule has 0 bridgehead atoms. The molecule has 3 atom stereocenters. The predicted molar refractivity (Wildman–Crippen MR) is 97.3 cm³/mol. The predicted octanol–water partition coefficient (Wildman–Crippen LogP) is 4.01. The van der Waals surface area contributed by atoms with Gasteiger partial charge >= 0.3 is 5.97 Å². The molecule has 1 fully saturated rings. The number of rotatable bonds is 11. The van der Waals surface area contributed by atoms with Gasteiger partial charge in [-0.05, 0) is 45.2 Å². The molecule has 1 aliphatic heterocycles. The van der Waals surface area contributed by atoms with E-state index in [1.807, 2.05) is 0 Å². The molecular formula is C18H36O5Si. The molecule has 0 N–H and O–H groups in total. The molecule has 1 saturated heterocycles. The summed E-state index contributed by atoms with van der Waals surface area (Å²) in [4.78, 5) is 11.3. The monoisotopic (exact) mass is 360 g/mol. The second-order valence-corrected chi connectivity index (χ2v) is 9.24. The van der Waals surface area contributed by atoms with Gasteiger partial charge < -0.3 is 18.6 Å². The Morgan fingerprint density at radius 2 is 2.08 bits per heavy atom. The zero-order chi connectivity index (χ0) is 18.0. The van der Waals surface area contributed by atoms with Gasteiger partial charge in [0.1, 0.15) is 0 Å². The molecular weight excluding hydrogens is 324 g/mol. The van der Waals surface area contributed by atoms with Crippen LogP contribution in [-0.2, 0) is 23.4 Å². The average Bonchev–Trinajstić information content (AvgIpc) is 2.53. The Balaban J connectivity index is 2.98. The van der Waals surface area contributed by atoms with E-state index in [0.29, 0.717) is 6.61 Å². The summed E-state index contributed by atoms with van der Waals surface area (Å²) >= 11 is 0. The fourth-order valence-electron chi connectivity index (χ4n) is 3.16. The van der Waals surface area contributed by atoms with Crippen molar-refractivity contribution in [2.75, 3.05) is 13.2 Å². The molecule has 1 heterocycles. The van der Waals surface area contributed by atoms with E-state index in [0.717, 1.165) is 51.6 Å². The first-order valence-electron chi connectivity index (χ1n) is 9.54. The van der Waals surface area contributed by atoms with Gasteiger partial charge in [0.2, 0.25) is 0 Å². The van der Waals surface area contributed by atoms with Gasteiger partial charge in [0, 0.05) is 25.9 Å². The zero-order valence-corrected chi connectivity index (χ0v) is 17.3. The maximum atomic E-state index is 11.3. The second-order valence-electron chi connectivity index (χ2n) is 6.90. The highest BCUT2D eigenvalue weighted by Crippen LogP contribution is 2.36. The van der Waals surface area contributed by atoms with Crippen LogP contribution in [0.1, 0.15) is 65.7 Å². The molecule has 0 spiro atoms. The maximum absolute atomic E-state index is 11.3. The molecule has 0 radical (unpaired) electrons. The smallest absolute Gasteiger partial charge is 0.302 e. The largest absolute Gasteiger partial charge is 0.465 e. The number of carbonyl (C=O) groups excluding carboxylic acids is 1. The minimum Gasteiger partial charge on any atom is -0.465 e. The van der Waals surface area contributed by atoms with Gasteiger partial charge in [-0.15, -0.1) is 0 Å². The summed E-state index contributed by atoms with van der Waals surface area (Å²) in [5.41, 5.74) is 0. The molecule has 142 valence electrons. The molecule has 0 amide bonds. The van der Waals surface area contributed by atoms with E-state index in [1.54, 1.807) is 0 Å². The van der Waals surface area contributed by atoms with Crippen molar-refractivity contribution < 1.29 is 23.4 Å². The Kier molecular flexibility index (Phi) is 10.1. The lowest BCUT2D eigenvalue weighted by Crippen LogP contribution is -2.51. The zero-order valence-electron chi connectivity index (χ0n) is 16.1. The van der Waals surface area contributed by atoms with Crippen molar-refractivity contribution in [3.8, 4) is 0 Å². The number of ether oxygens (including phenoxy) is 3. The fraction of sp³-hybridized carbons (Fsp3) is 0.944. The highest BCUT2D eigenvalue weighted by molar-refractivity contribution is 6.48. The first-order chi connectivity index (χ1) is 11.4. The van der Waals surface area contributed by atoms with E-state index in [1.165, 1.54) is 6.92 Å². The minimum atomic E-state index is -1.35. The molecule has 6 heteroatoms. The third-order valence-electron chi connectivity index (χ3n) is 4.39. The van der Waals surface area contributed by atoms with Crippen molar-refractivity contribution in [2.45, 2.75) is 90.9 Å². The number of hydrogen-bond donors (Lipinski definition) is 0. The van der Waals surface area contributed by atoms with Crippen LogP contribution >= 0.6 is 0 Å². The lowest BCUT2D eigenvalue weighted by molar-refractivity contribution is -0.315. The van der Waals surface area contributed by atoms with E-state index >= 15 is 0 Å². The molecule has 1 aliphatic rings. The molecule has 1 rings (SSSR count). The fourth-order valence-corrected chi connectivity index (χ4v) is 4.33. The summed E-state index contributed by atoms with van der Waals surface area (Å²) in [6, 6.07) is 0. The number of carbonyl (C=O) groups is 1. The van der Waals surface area contributed by atoms with Crippen molar-refractivity contribution in [1.82, 2.24) is 0 Å². The highest BCUT2D eigenvalue weighted by Gasteiger charge is 2.43. The summed E-state index contributed by atoms with van der Waals surface area (Å²) in [5, 5.41) is 0. The highest BCUT2D eigenvalue weighted by atomic mass is 28.3. The van der Waals surface area contributed by atoms with E-state index in [9.17, 15) is 4.79 Å². The minimum absolute atomic E-state index is 0.0216. The van der Waals surface area contributed by atoms with Gasteiger partial charge in [-0.2, -0.15) is 0 Å². The topological polar surface area (TPSA) is 54.0 Å². The van der Waals surface area contributed by atoms with Crippen LogP contribution in [0.2, 0.25) is 13.1 Å². The van der Waals surface area contributed by atoms with Crippen LogP contribution in [0.3, 0.4) is 0 Å². The molecule has 24 heavy (non-hydrogen) atoms. The SMILES string of the molecule is CCCCC(OC1CCCCO1)(O[SiH](C)C)C(CC)COC(C)=O. The van der Waals surface area contributed by atoms with Crippen molar-refractivity contribution in [3.63, 3.8) is 0 Å². The van der Waals surface area contributed by atoms with E-state index in [-0.39, 0.29) is 18.2 Å². The van der Waals surface area contributed by atoms with Gasteiger partial charge in [0.05, 0.1) is 6.61 Å². The van der Waals surface area contributed by atoms with Crippen LogP contribution in [0, 0.1) is 5.92 Å². The van der Waals surface area contributed by atoms with E-state index in [2.05, 4.69) is 26.9 Å². The molecule has 3 unspecified atom stereocenters. The lowest BCUT2D eigenvalue weighted by Gasteiger charge is -2.44. The summed E-state index contributed by atoms with van der Waals surface area (Å²) < 4.78 is 24.1. The van der Waals surface area contributed by atoms with Crippen molar-refractivity contribution in [3.05, 3.63) is 0 Å². The first kappa shape index (κ1) is 21.6. The van der Waals surface area contributed by atoms with Crippen LogP contribution in [-0.4, -0.2) is 40.3 Å². The van der Waals surface area contributed by atoms with Gasteiger partial charge in [0.25, 0.3) is 0 Å². The van der Waals surface area contributed by atoms with Crippen LogP contribution < -0.4 is 0 Å². The van der Waals surface area contributed by atoms with Gasteiger partial charge in [-0.1, -0.05) is 20.3 Å². The molecule has 0 aliphatic carbocycles. The van der Waals surface area contributed by atoms with Crippen LogP contribution in [0.4, 0.5) is 0 Å². The Morgan fingerprint density at radius 1 is 1.33 bits per heavy atom. The van der Waals surface area contributed by atoms with Gasteiger partial charge in [-0.25, -0.2) is 0 Å². The Bertz CT molecular complexity index is 357. The Morgan fingerprint density at radius 3 is 2.58 bits per heavy atom. The van der Waals surface area contributed by atoms with E-state index < -0.39 is 14.8 Å². The lowest BCUT2D eigenvalue weighted by atomic mass is 9.91. The molecule has 5 nitrogen and oxygen atoms in total. The average molecular weight is 361 g/mol. The third-order valence-corrected chi connectivity index (χ3v) is 5.26. The number of esters is 1. The summed E-state index contributed by atoms with van der Waals surface area (Å²) in [7, 11) is -1.35. The van der Waals surface area contributed by atoms with E-state index in [4.69, 9.17) is 18.6 Å². The quantitative estimate of drug-likeness (QED) is 0.317. The second kappa shape index (κ2) is 11.2. The summed E-state index contributed by atoms with van der Waals surface area (Å²) in [6.07, 6.45) is 6.64. The number of unbranched alkanes of at least 4 members (excludes halogenated alkanes) is 1. The van der Waals surface area contributed by atoms with Crippen LogP contribution in [0.25, 0.3) is 0 Å². The third kappa shape index (κ3) is 7.21. The van der Waals surface area contributed by atoms with Crippen LogP contribution in [0.5, 0.6) is 0 Å². The van der Waals surface area contributed by atoms with Gasteiger partial charge in [-0.3, -0.25) is 4.79 Å². The van der Waals surface area contributed by atoms with Crippen molar-refractivity contribution >= 4 is 15.0 Å². The molecule has 0 aromatic heterocycles. The standard InChI is InChI=1S/C18H36O5Si/c1-6-8-12-18(23-24(4)5,16(7-2)14-21-15(3)19)22-17-11-9-10-13-20-17/h16-17,24H,6-14H2,1-5H3. The summed E-state index contributed by atoms with van der Waals surface area (Å²) in [5.74, 6) is -0.940. The van der Waals surface area contributed by atoms with Gasteiger partial charge in [0.15, 0.2) is 21.1 Å². The van der Waals surface area contributed by atoms with Crippen molar-refractivity contribution in [1.29, 1.82) is 0 Å². The van der Waals surface area contributed by atoms with Crippen molar-refractivity contribution in [2.24, 2.45) is 5.92 Å². The molecule has 0 aromatic rings. The molecule has 0 aromatic carbocycles. The normalized spacial score (nSPS) is 22.2. The first-order valence-corrected chi connectivity index (χ1v) is 12.3. The molecule has 0 saturated carbocycles.